The summed E-state index contributed by atoms with van der Waals surface area (Å²) in [5.41, 5.74) is -0.298. The van der Waals surface area contributed by atoms with Crippen LogP contribution in [0, 0.1) is 18.6 Å². The van der Waals surface area contributed by atoms with Gasteiger partial charge in [-0.3, -0.25) is 5.32 Å². The highest BCUT2D eigenvalue weighted by atomic mass is 32.1. The van der Waals surface area contributed by atoms with E-state index in [9.17, 15) is 23.5 Å². The third-order valence-corrected chi connectivity index (χ3v) is 6.02. The van der Waals surface area contributed by atoms with Crippen LogP contribution in [0.1, 0.15) is 27.9 Å². The lowest BCUT2D eigenvalue weighted by molar-refractivity contribution is 0.0693. The number of aromatic carboxylic acids is 1. The van der Waals surface area contributed by atoms with E-state index < -0.39 is 30.2 Å². The number of carboxylic acids is 1. The second-order valence-corrected chi connectivity index (χ2v) is 8.65. The number of carbonyl (C=O) groups excluding carboxylic acids is 1. The molecule has 1 saturated heterocycles. The molecule has 1 aliphatic heterocycles. The summed E-state index contributed by atoms with van der Waals surface area (Å²) in [6.45, 7) is 6.31. The van der Waals surface area contributed by atoms with Crippen molar-refractivity contribution < 1.29 is 28.2 Å². The summed E-state index contributed by atoms with van der Waals surface area (Å²) in [5.74, 6) is -3.30. The third-order valence-electron chi connectivity index (χ3n) is 5.27. The summed E-state index contributed by atoms with van der Waals surface area (Å²) in [7, 11) is 2.09. The van der Waals surface area contributed by atoms with Gasteiger partial charge in [-0.1, -0.05) is 0 Å². The zero-order valence-corrected chi connectivity index (χ0v) is 19.3. The molecule has 0 unspecified atom stereocenters. The van der Waals surface area contributed by atoms with E-state index in [-0.39, 0.29) is 22.0 Å². The zero-order valence-electron chi connectivity index (χ0n) is 18.5. The molecule has 0 aliphatic carbocycles. The summed E-state index contributed by atoms with van der Waals surface area (Å²) in [6.07, 6.45) is 0.758. The van der Waals surface area contributed by atoms with Crippen molar-refractivity contribution in [3.63, 3.8) is 0 Å². The number of hydrogen-bond donors (Lipinski definition) is 3. The van der Waals surface area contributed by atoms with Gasteiger partial charge in [0.15, 0.2) is 5.56 Å². The van der Waals surface area contributed by atoms with Gasteiger partial charge in [-0.15, -0.1) is 0 Å². The maximum Gasteiger partial charge on any atom is 0.344 e. The molecule has 180 valence electrons. The van der Waals surface area contributed by atoms with Crippen LogP contribution in [-0.4, -0.2) is 77.6 Å². The molecule has 2 aromatic rings. The first-order valence-electron chi connectivity index (χ1n) is 10.5. The highest BCUT2D eigenvalue weighted by molar-refractivity contribution is 7.11. The van der Waals surface area contributed by atoms with Crippen molar-refractivity contribution >= 4 is 28.5 Å². The molecule has 3 N–H and O–H groups in total. The van der Waals surface area contributed by atoms with Crippen molar-refractivity contribution in [2.45, 2.75) is 20.0 Å². The number of hydrogen-bond acceptors (Lipinski definition) is 7. The maximum absolute atomic E-state index is 14.0. The van der Waals surface area contributed by atoms with Gasteiger partial charge in [-0.05, 0) is 56.2 Å². The number of aryl methyl sites for hydroxylation is 1. The summed E-state index contributed by atoms with van der Waals surface area (Å²) < 4.78 is 37.2. The van der Waals surface area contributed by atoms with Crippen LogP contribution in [0.5, 0.6) is 5.88 Å². The fraction of sp³-hybridized carbons (Fsp3) is 0.476. The first-order valence-corrected chi connectivity index (χ1v) is 11.3. The van der Waals surface area contributed by atoms with Crippen molar-refractivity contribution in [2.75, 3.05) is 51.6 Å². The van der Waals surface area contributed by atoms with Gasteiger partial charge >= 0.3 is 12.0 Å². The summed E-state index contributed by atoms with van der Waals surface area (Å²) in [6, 6.07) is 1.74. The number of ether oxygens (including phenoxy) is 1. The van der Waals surface area contributed by atoms with Gasteiger partial charge in [-0.2, -0.15) is 4.37 Å². The molecule has 1 fully saturated rings. The first-order chi connectivity index (χ1) is 15.7. The fourth-order valence-corrected chi connectivity index (χ4v) is 4.10. The molecule has 3 rings (SSSR count). The van der Waals surface area contributed by atoms with Crippen molar-refractivity contribution in [1.29, 1.82) is 0 Å². The van der Waals surface area contributed by atoms with Crippen LogP contribution in [0.4, 0.5) is 18.6 Å². The number of likely N-dealkylation sites (N-methyl/N-ethyl adjacent to an activating group) is 1. The van der Waals surface area contributed by atoms with Crippen molar-refractivity contribution in [3.8, 4) is 5.88 Å². The summed E-state index contributed by atoms with van der Waals surface area (Å²) in [4.78, 5) is 28.5. The Labute approximate surface area is 194 Å². The highest BCUT2D eigenvalue weighted by Gasteiger charge is 2.24. The second-order valence-electron chi connectivity index (χ2n) is 7.87. The molecule has 1 aromatic heterocycles. The normalized spacial score (nSPS) is 14.8. The third kappa shape index (κ3) is 6.83. The fourth-order valence-electron chi connectivity index (χ4n) is 3.38. The summed E-state index contributed by atoms with van der Waals surface area (Å²) in [5, 5.41) is 14.7. The predicted molar refractivity (Wildman–Crippen MR) is 120 cm³/mol. The van der Waals surface area contributed by atoms with Gasteiger partial charge in [0.25, 0.3) is 0 Å². The molecule has 0 atom stereocenters. The van der Waals surface area contributed by atoms with Gasteiger partial charge in [0.2, 0.25) is 5.88 Å². The SMILES string of the molecule is Cc1cc(F)c(COc2nsc(NC(=O)NCCCN3CCN(C)CC3)c2C(=O)O)c(F)c1. The molecule has 0 radical (unpaired) electrons. The highest BCUT2D eigenvalue weighted by Crippen LogP contribution is 2.31. The maximum atomic E-state index is 14.0. The lowest BCUT2D eigenvalue weighted by Crippen LogP contribution is -2.45. The largest absolute Gasteiger partial charge is 0.477 e. The average molecular weight is 484 g/mol. The van der Waals surface area contributed by atoms with Crippen molar-refractivity contribution in [3.05, 3.63) is 40.5 Å². The van der Waals surface area contributed by atoms with E-state index in [1.54, 1.807) is 6.92 Å². The van der Waals surface area contributed by atoms with Crippen molar-refractivity contribution in [1.82, 2.24) is 19.5 Å². The molecule has 2 amide bonds. The Hall–Kier alpha value is -2.83. The van der Waals surface area contributed by atoms with E-state index in [0.29, 0.717) is 23.6 Å². The molecule has 1 aromatic carbocycles. The Kier molecular flexibility index (Phi) is 8.53. The lowest BCUT2D eigenvalue weighted by atomic mass is 10.1. The number of carboxylic acid groups (broad SMARTS) is 1. The number of benzene rings is 1. The Bertz CT molecular complexity index is 972. The minimum atomic E-state index is -1.38. The Morgan fingerprint density at radius 2 is 1.88 bits per heavy atom. The van der Waals surface area contributed by atoms with Crippen LogP contribution in [-0.2, 0) is 6.61 Å². The molecule has 9 nitrogen and oxygen atoms in total. The molecule has 2 heterocycles. The number of halogens is 2. The molecular formula is C21H27F2N5O4S. The topological polar surface area (TPSA) is 107 Å². The van der Waals surface area contributed by atoms with Gasteiger partial charge < -0.3 is 25.0 Å². The number of carbonyl (C=O) groups is 2. The number of piperazine rings is 1. The molecule has 12 heteroatoms. The van der Waals surface area contributed by atoms with Crippen LogP contribution in [0.15, 0.2) is 12.1 Å². The van der Waals surface area contributed by atoms with Gasteiger partial charge in [0.1, 0.15) is 23.2 Å². The van der Waals surface area contributed by atoms with E-state index in [4.69, 9.17) is 4.74 Å². The number of nitrogens with zero attached hydrogens (tertiary/aromatic N) is 3. The molecule has 0 saturated carbocycles. The monoisotopic (exact) mass is 483 g/mol. The molecule has 33 heavy (non-hydrogen) atoms. The van der Waals surface area contributed by atoms with Gasteiger partial charge in [0.05, 0.1) is 5.56 Å². The standard InChI is InChI=1S/C21H27F2N5O4S/c1-13-10-15(22)14(16(23)11-13)12-32-18-17(20(29)30)19(33-26-18)25-21(31)24-4-3-5-28-8-6-27(2)7-9-28/h10-11H,3-9,12H2,1-2H3,(H,29,30)(H2,24,25,31). The number of aromatic nitrogens is 1. The molecule has 0 spiro atoms. The van der Waals surface area contributed by atoms with Crippen LogP contribution in [0.25, 0.3) is 0 Å². The van der Waals surface area contributed by atoms with E-state index in [2.05, 4.69) is 31.9 Å². The zero-order chi connectivity index (χ0) is 24.0. The summed E-state index contributed by atoms with van der Waals surface area (Å²) >= 11 is 0.713. The molecular weight excluding hydrogens is 456 g/mol. The number of nitrogens with one attached hydrogen (secondary N) is 2. The quantitative estimate of drug-likeness (QED) is 0.471. The smallest absolute Gasteiger partial charge is 0.344 e. The van der Waals surface area contributed by atoms with E-state index in [1.165, 1.54) is 0 Å². The second kappa shape index (κ2) is 11.3. The first kappa shape index (κ1) is 24.8. The Morgan fingerprint density at radius 1 is 1.21 bits per heavy atom. The van der Waals surface area contributed by atoms with Gasteiger partial charge in [-0.25, -0.2) is 18.4 Å². The van der Waals surface area contributed by atoms with E-state index in [1.807, 2.05) is 0 Å². The number of anilines is 1. The minimum Gasteiger partial charge on any atom is -0.477 e. The van der Waals surface area contributed by atoms with Gasteiger partial charge in [0, 0.05) is 32.7 Å². The number of amides is 2. The van der Waals surface area contributed by atoms with Crippen LogP contribution >= 0.6 is 11.5 Å². The Morgan fingerprint density at radius 3 is 2.52 bits per heavy atom. The van der Waals surface area contributed by atoms with Crippen LogP contribution < -0.4 is 15.4 Å². The van der Waals surface area contributed by atoms with Crippen LogP contribution in [0.3, 0.4) is 0 Å². The molecule has 1 aliphatic rings. The lowest BCUT2D eigenvalue weighted by Gasteiger charge is -2.32. The molecule has 0 bridgehead atoms. The van der Waals surface area contributed by atoms with E-state index in [0.717, 1.165) is 51.3 Å². The Balaban J connectivity index is 1.52. The van der Waals surface area contributed by atoms with E-state index >= 15 is 0 Å². The number of rotatable bonds is 9. The minimum absolute atomic E-state index is 0.0288. The predicted octanol–water partition coefficient (Wildman–Crippen LogP) is 2.77. The van der Waals surface area contributed by atoms with Crippen molar-refractivity contribution in [2.24, 2.45) is 0 Å². The van der Waals surface area contributed by atoms with Crippen LogP contribution in [0.2, 0.25) is 0 Å². The average Bonchev–Trinajstić information content (AvgIpc) is 3.14. The number of urea groups is 1.